The van der Waals surface area contributed by atoms with Gasteiger partial charge in [-0.1, -0.05) is 15.9 Å². The van der Waals surface area contributed by atoms with Gasteiger partial charge >= 0.3 is 6.09 Å². The number of likely N-dealkylation sites (tertiary alicyclic amines) is 1. The van der Waals surface area contributed by atoms with E-state index in [0.29, 0.717) is 6.04 Å². The number of carbonyl (C=O) groups excluding carboxylic acids is 1. The molecule has 0 N–H and O–H groups in total. The SMILES string of the molecule is CC(C)(C)OC(=O)N1CC2C[C@H]1CN2c1ccc(Br)cc1. The summed E-state index contributed by atoms with van der Waals surface area (Å²) in [7, 11) is 0. The summed E-state index contributed by atoms with van der Waals surface area (Å²) in [6.07, 6.45) is 0.862. The summed E-state index contributed by atoms with van der Waals surface area (Å²) in [5.41, 5.74) is 0.805. The van der Waals surface area contributed by atoms with Crippen molar-refractivity contribution in [3.05, 3.63) is 28.7 Å². The fraction of sp³-hybridized carbons (Fsp3) is 0.562. The van der Waals surface area contributed by atoms with Gasteiger partial charge < -0.3 is 14.5 Å². The maximum absolute atomic E-state index is 12.2. The molecule has 2 aliphatic rings. The Hall–Kier alpha value is -1.23. The Kier molecular flexibility index (Phi) is 3.64. The molecule has 5 heteroatoms. The number of carbonyl (C=O) groups is 1. The largest absolute Gasteiger partial charge is 0.444 e. The van der Waals surface area contributed by atoms with Crippen LogP contribution in [0.5, 0.6) is 0 Å². The van der Waals surface area contributed by atoms with E-state index in [2.05, 4.69) is 45.1 Å². The molecule has 2 bridgehead atoms. The second-order valence-electron chi connectivity index (χ2n) is 6.80. The lowest BCUT2D eigenvalue weighted by Crippen LogP contribution is -2.50. The first-order valence-electron chi connectivity index (χ1n) is 7.35. The fourth-order valence-electron chi connectivity index (χ4n) is 3.16. The Labute approximate surface area is 134 Å². The molecule has 1 unspecified atom stereocenters. The van der Waals surface area contributed by atoms with Crippen LogP contribution >= 0.6 is 15.9 Å². The number of ether oxygens (including phenoxy) is 1. The van der Waals surface area contributed by atoms with Gasteiger partial charge in [-0.3, -0.25) is 0 Å². The summed E-state index contributed by atoms with van der Waals surface area (Å²) in [6.45, 7) is 7.38. The minimum absolute atomic E-state index is 0.176. The topological polar surface area (TPSA) is 32.8 Å². The van der Waals surface area contributed by atoms with Crippen LogP contribution < -0.4 is 4.90 Å². The minimum atomic E-state index is -0.426. The molecule has 3 rings (SSSR count). The van der Waals surface area contributed by atoms with Gasteiger partial charge in [0.05, 0.1) is 6.04 Å². The van der Waals surface area contributed by atoms with Gasteiger partial charge in [0.25, 0.3) is 0 Å². The molecule has 2 saturated heterocycles. The van der Waals surface area contributed by atoms with Gasteiger partial charge in [-0.15, -0.1) is 0 Å². The van der Waals surface area contributed by atoms with Gasteiger partial charge in [-0.2, -0.15) is 0 Å². The van der Waals surface area contributed by atoms with Crippen LogP contribution in [0.4, 0.5) is 10.5 Å². The number of piperazine rings is 1. The summed E-state index contributed by atoms with van der Waals surface area (Å²) in [5, 5.41) is 0. The number of anilines is 1. The van der Waals surface area contributed by atoms with Crippen molar-refractivity contribution in [3.63, 3.8) is 0 Å². The van der Waals surface area contributed by atoms with Crippen molar-refractivity contribution in [3.8, 4) is 0 Å². The maximum Gasteiger partial charge on any atom is 0.410 e. The Morgan fingerprint density at radius 1 is 1.19 bits per heavy atom. The number of amides is 1. The normalized spacial score (nSPS) is 24.6. The molecular formula is C16H21BrN2O2. The molecule has 114 valence electrons. The molecular weight excluding hydrogens is 332 g/mol. The van der Waals surface area contributed by atoms with Gasteiger partial charge in [0.1, 0.15) is 5.60 Å². The molecule has 21 heavy (non-hydrogen) atoms. The summed E-state index contributed by atoms with van der Waals surface area (Å²) in [4.78, 5) is 16.5. The van der Waals surface area contributed by atoms with Crippen molar-refractivity contribution >= 4 is 27.7 Å². The second-order valence-corrected chi connectivity index (χ2v) is 7.72. The van der Waals surface area contributed by atoms with Crippen molar-refractivity contribution < 1.29 is 9.53 Å². The number of benzene rings is 1. The van der Waals surface area contributed by atoms with Crippen LogP contribution in [-0.4, -0.2) is 41.8 Å². The van der Waals surface area contributed by atoms with Crippen molar-refractivity contribution in [2.75, 3.05) is 18.0 Å². The van der Waals surface area contributed by atoms with Crippen molar-refractivity contribution in [1.82, 2.24) is 4.90 Å². The van der Waals surface area contributed by atoms with Crippen LogP contribution in [0, 0.1) is 0 Å². The van der Waals surface area contributed by atoms with E-state index in [1.54, 1.807) is 0 Å². The van der Waals surface area contributed by atoms with Gasteiger partial charge in [0, 0.05) is 29.3 Å². The third kappa shape index (κ3) is 3.03. The number of rotatable bonds is 1. The van der Waals surface area contributed by atoms with Crippen molar-refractivity contribution in [2.24, 2.45) is 0 Å². The van der Waals surface area contributed by atoms with Crippen molar-refractivity contribution in [2.45, 2.75) is 44.9 Å². The molecule has 2 heterocycles. The van der Waals surface area contributed by atoms with Crippen LogP contribution in [0.15, 0.2) is 28.7 Å². The molecule has 0 saturated carbocycles. The Morgan fingerprint density at radius 2 is 1.86 bits per heavy atom. The van der Waals surface area contributed by atoms with Gasteiger partial charge in [-0.05, 0) is 51.5 Å². The lowest BCUT2D eigenvalue weighted by Gasteiger charge is -2.36. The molecule has 0 aliphatic carbocycles. The zero-order valence-corrected chi connectivity index (χ0v) is 14.3. The molecule has 0 spiro atoms. The maximum atomic E-state index is 12.2. The minimum Gasteiger partial charge on any atom is -0.444 e. The average molecular weight is 353 g/mol. The van der Waals surface area contributed by atoms with Crippen LogP contribution in [-0.2, 0) is 4.74 Å². The summed E-state index contributed by atoms with van der Waals surface area (Å²) in [5.74, 6) is 0. The van der Waals surface area contributed by atoms with E-state index in [9.17, 15) is 4.79 Å². The smallest absolute Gasteiger partial charge is 0.410 e. The van der Waals surface area contributed by atoms with E-state index in [1.807, 2.05) is 25.7 Å². The average Bonchev–Trinajstić information content (AvgIpc) is 2.97. The predicted octanol–water partition coefficient (Wildman–Crippen LogP) is 3.65. The highest BCUT2D eigenvalue weighted by atomic mass is 79.9. The summed E-state index contributed by atoms with van der Waals surface area (Å²) >= 11 is 3.46. The number of halogens is 1. The number of nitrogens with zero attached hydrogens (tertiary/aromatic N) is 2. The lowest BCUT2D eigenvalue weighted by molar-refractivity contribution is 0.0215. The zero-order chi connectivity index (χ0) is 15.2. The number of fused-ring (bicyclic) bond motifs is 2. The van der Waals surface area contributed by atoms with Crippen LogP contribution in [0.2, 0.25) is 0 Å². The zero-order valence-electron chi connectivity index (χ0n) is 12.7. The highest BCUT2D eigenvalue weighted by molar-refractivity contribution is 9.10. The molecule has 1 aromatic carbocycles. The summed E-state index contributed by atoms with van der Waals surface area (Å²) in [6, 6.07) is 9.06. The van der Waals surface area contributed by atoms with E-state index < -0.39 is 5.60 Å². The standard InChI is InChI=1S/C16H21BrN2O2/c1-16(2,3)21-15(20)19-10-13-8-14(19)9-18(13)12-6-4-11(17)5-7-12/h4-7,13-14H,8-10H2,1-3H3/t13?,14-/m0/s1. The molecule has 2 atom stereocenters. The van der Waals surface area contributed by atoms with Crippen LogP contribution in [0.3, 0.4) is 0 Å². The van der Waals surface area contributed by atoms with E-state index in [1.165, 1.54) is 5.69 Å². The first kappa shape index (κ1) is 14.7. The van der Waals surface area contributed by atoms with E-state index in [4.69, 9.17) is 4.74 Å². The highest BCUT2D eigenvalue weighted by Crippen LogP contribution is 2.35. The molecule has 2 fully saturated rings. The highest BCUT2D eigenvalue weighted by Gasteiger charge is 2.46. The number of hydrogen-bond acceptors (Lipinski definition) is 3. The third-order valence-electron chi connectivity index (χ3n) is 4.03. The van der Waals surface area contributed by atoms with Crippen molar-refractivity contribution in [1.29, 1.82) is 0 Å². The van der Waals surface area contributed by atoms with E-state index in [-0.39, 0.29) is 12.1 Å². The first-order chi connectivity index (χ1) is 9.83. The van der Waals surface area contributed by atoms with Gasteiger partial charge in [0.15, 0.2) is 0 Å². The lowest BCUT2D eigenvalue weighted by atomic mass is 10.2. The van der Waals surface area contributed by atoms with Crippen LogP contribution in [0.1, 0.15) is 27.2 Å². The van der Waals surface area contributed by atoms with E-state index in [0.717, 1.165) is 24.0 Å². The third-order valence-corrected chi connectivity index (χ3v) is 4.56. The number of hydrogen-bond donors (Lipinski definition) is 0. The Bertz CT molecular complexity index is 538. The molecule has 0 aromatic heterocycles. The molecule has 1 amide bonds. The molecule has 4 nitrogen and oxygen atoms in total. The monoisotopic (exact) mass is 352 g/mol. The Morgan fingerprint density at radius 3 is 2.38 bits per heavy atom. The van der Waals surface area contributed by atoms with Crippen LogP contribution in [0.25, 0.3) is 0 Å². The molecule has 0 radical (unpaired) electrons. The summed E-state index contributed by atoms with van der Waals surface area (Å²) < 4.78 is 6.58. The molecule has 1 aromatic rings. The van der Waals surface area contributed by atoms with Gasteiger partial charge in [0.2, 0.25) is 0 Å². The van der Waals surface area contributed by atoms with E-state index >= 15 is 0 Å². The predicted molar refractivity (Wildman–Crippen MR) is 86.6 cm³/mol. The first-order valence-corrected chi connectivity index (χ1v) is 8.14. The second kappa shape index (κ2) is 5.20. The van der Waals surface area contributed by atoms with Gasteiger partial charge in [-0.25, -0.2) is 4.79 Å². The Balaban J connectivity index is 1.66. The fourth-order valence-corrected chi connectivity index (χ4v) is 3.42. The molecule has 2 aliphatic heterocycles. The quantitative estimate of drug-likeness (QED) is 0.773.